The van der Waals surface area contributed by atoms with Crippen molar-refractivity contribution in [2.24, 2.45) is 11.8 Å². The van der Waals surface area contributed by atoms with Crippen LogP contribution in [0.1, 0.15) is 253 Å². The lowest BCUT2D eigenvalue weighted by molar-refractivity contribution is -0.141. The van der Waals surface area contributed by atoms with Crippen LogP contribution in [0.15, 0.2) is 0 Å². The van der Waals surface area contributed by atoms with Gasteiger partial charge in [0.25, 0.3) is 0 Å². The predicted molar refractivity (Wildman–Crippen MR) is 255 cm³/mol. The van der Waals surface area contributed by atoms with Crippen molar-refractivity contribution in [2.75, 3.05) is 37.7 Å². The van der Waals surface area contributed by atoms with Crippen LogP contribution in [0.4, 0.5) is 0 Å². The number of ether oxygens (including phenoxy) is 1. The molecule has 0 rings (SSSR count). The van der Waals surface area contributed by atoms with E-state index >= 15 is 0 Å². The lowest BCUT2D eigenvalue weighted by atomic mass is 9.95. The second kappa shape index (κ2) is 45.0. The lowest BCUT2D eigenvalue weighted by Gasteiger charge is -2.22. The van der Waals surface area contributed by atoms with Crippen molar-refractivity contribution in [3.63, 3.8) is 0 Å². The largest absolute Gasteiger partial charge is 0.466 e. The Hall–Kier alpha value is -0.530. The lowest BCUT2D eigenvalue weighted by Crippen LogP contribution is -2.27. The fourth-order valence-electron chi connectivity index (χ4n) is 7.89. The summed E-state index contributed by atoms with van der Waals surface area (Å²) in [5.41, 5.74) is 0. The molecule has 0 aliphatic carbocycles. The molecular weight excluding hydrogens is 743 g/mol. The van der Waals surface area contributed by atoms with Crippen LogP contribution in [0.3, 0.4) is 0 Å². The van der Waals surface area contributed by atoms with Gasteiger partial charge in [-0.1, -0.05) is 205 Å². The van der Waals surface area contributed by atoms with E-state index in [-0.39, 0.29) is 17.8 Å². The topological polar surface area (TPSA) is 63.7 Å². The first-order valence-electron chi connectivity index (χ1n) is 25.1. The molecule has 0 radical (unpaired) electrons. The average molecular weight is 840 g/mol. The number of esters is 1. The predicted octanol–water partition coefficient (Wildman–Crippen LogP) is 15.9. The minimum Gasteiger partial charge on any atom is -0.466 e. The SMILES string of the molecule is CCCCCCCCC(CCCCCC)C(=O)SCCCCCCN(CCCCCCSC(=O)C(CCCCCC)CCCCCCCC)CCCCOC(C)=O. The molecule has 0 bridgehead atoms. The summed E-state index contributed by atoms with van der Waals surface area (Å²) in [5.74, 6) is 2.30. The van der Waals surface area contributed by atoms with Gasteiger partial charge in [-0.05, 0) is 83.8 Å². The van der Waals surface area contributed by atoms with Crippen molar-refractivity contribution in [3.05, 3.63) is 0 Å². The zero-order valence-electron chi connectivity index (χ0n) is 38.8. The third-order valence-electron chi connectivity index (χ3n) is 11.7. The first kappa shape index (κ1) is 56.5. The number of hydrogen-bond donors (Lipinski definition) is 0. The third kappa shape index (κ3) is 39.4. The van der Waals surface area contributed by atoms with Gasteiger partial charge in [0.15, 0.2) is 10.2 Å². The Morgan fingerprint density at radius 3 is 1.07 bits per heavy atom. The standard InChI is InChI=1S/C50H97NO4S2/c1-6-10-14-18-20-28-38-47(36-26-16-12-8-3)49(53)56-44-34-24-22-30-40-51(42-32-33-43-55-46(5)52)41-31-23-25-35-45-57-50(54)48(37-27-17-13-9-4)39-29-21-19-15-11-7-2/h47-48H,6-45H2,1-5H3. The molecule has 2 atom stereocenters. The van der Waals surface area contributed by atoms with Crippen molar-refractivity contribution in [1.82, 2.24) is 4.90 Å². The maximum absolute atomic E-state index is 13.2. The molecule has 57 heavy (non-hydrogen) atoms. The molecule has 5 nitrogen and oxygen atoms in total. The molecule has 0 heterocycles. The molecule has 0 saturated heterocycles. The Balaban J connectivity index is 4.55. The number of rotatable bonds is 45. The number of hydrogen-bond acceptors (Lipinski definition) is 7. The Kier molecular flexibility index (Phi) is 44.6. The van der Waals surface area contributed by atoms with Gasteiger partial charge in [-0.25, -0.2) is 0 Å². The number of thioether (sulfide) groups is 2. The van der Waals surface area contributed by atoms with Crippen molar-refractivity contribution < 1.29 is 19.1 Å². The number of unbranched alkanes of at least 4 members (excludes halogenated alkanes) is 23. The summed E-state index contributed by atoms with van der Waals surface area (Å²) in [6.07, 6.45) is 41.5. The third-order valence-corrected chi connectivity index (χ3v) is 13.9. The molecule has 0 aliphatic heterocycles. The first-order chi connectivity index (χ1) is 27.9. The molecule has 0 amide bonds. The maximum atomic E-state index is 13.2. The van der Waals surface area contributed by atoms with Gasteiger partial charge in [0, 0.05) is 30.3 Å². The fourth-order valence-corrected chi connectivity index (χ4v) is 9.93. The van der Waals surface area contributed by atoms with E-state index in [2.05, 4.69) is 32.6 Å². The Bertz CT molecular complexity index is 828. The van der Waals surface area contributed by atoms with Crippen LogP contribution in [0, 0.1) is 11.8 Å². The van der Waals surface area contributed by atoms with Gasteiger partial charge in [-0.3, -0.25) is 14.4 Å². The van der Waals surface area contributed by atoms with Gasteiger partial charge in [0.2, 0.25) is 0 Å². The Morgan fingerprint density at radius 2 is 0.702 bits per heavy atom. The van der Waals surface area contributed by atoms with Crippen LogP contribution in [0.25, 0.3) is 0 Å². The quantitative estimate of drug-likeness (QED) is 0.0447. The van der Waals surface area contributed by atoms with Gasteiger partial charge in [0.05, 0.1) is 6.61 Å². The van der Waals surface area contributed by atoms with Crippen LogP contribution in [-0.2, 0) is 19.1 Å². The van der Waals surface area contributed by atoms with E-state index in [9.17, 15) is 14.4 Å². The van der Waals surface area contributed by atoms with Crippen molar-refractivity contribution in [3.8, 4) is 0 Å². The normalized spacial score (nSPS) is 12.7. The molecule has 0 aromatic carbocycles. The number of nitrogens with zero attached hydrogens (tertiary/aromatic N) is 1. The van der Waals surface area contributed by atoms with Crippen LogP contribution in [0.2, 0.25) is 0 Å². The maximum Gasteiger partial charge on any atom is 0.302 e. The van der Waals surface area contributed by atoms with E-state index in [0.717, 1.165) is 82.5 Å². The molecule has 338 valence electrons. The zero-order chi connectivity index (χ0) is 41.9. The van der Waals surface area contributed by atoms with E-state index in [0.29, 0.717) is 16.8 Å². The highest BCUT2D eigenvalue weighted by atomic mass is 32.2. The van der Waals surface area contributed by atoms with Crippen LogP contribution in [-0.4, -0.2) is 58.8 Å². The molecule has 0 fully saturated rings. The van der Waals surface area contributed by atoms with E-state index < -0.39 is 0 Å². The second-order valence-electron chi connectivity index (χ2n) is 17.3. The second-order valence-corrected chi connectivity index (χ2v) is 19.5. The van der Waals surface area contributed by atoms with Gasteiger partial charge < -0.3 is 9.64 Å². The van der Waals surface area contributed by atoms with Gasteiger partial charge in [-0.15, -0.1) is 0 Å². The summed E-state index contributed by atoms with van der Waals surface area (Å²) in [5, 5.41) is 0.936. The first-order valence-corrected chi connectivity index (χ1v) is 27.0. The van der Waals surface area contributed by atoms with Crippen molar-refractivity contribution >= 4 is 39.7 Å². The molecule has 7 heteroatoms. The summed E-state index contributed by atoms with van der Waals surface area (Å²) in [6.45, 7) is 14.4. The van der Waals surface area contributed by atoms with Gasteiger partial charge in [-0.2, -0.15) is 0 Å². The summed E-state index contributed by atoms with van der Waals surface area (Å²) < 4.78 is 5.18. The summed E-state index contributed by atoms with van der Waals surface area (Å²) in [6, 6.07) is 0. The minimum absolute atomic E-state index is 0.188. The molecular formula is C50H97NO4S2. The van der Waals surface area contributed by atoms with E-state index in [1.807, 2.05) is 0 Å². The van der Waals surface area contributed by atoms with Crippen molar-refractivity contribution in [1.29, 1.82) is 0 Å². The van der Waals surface area contributed by atoms with Crippen molar-refractivity contribution in [2.45, 2.75) is 253 Å². The molecule has 0 spiro atoms. The van der Waals surface area contributed by atoms with Gasteiger partial charge >= 0.3 is 5.97 Å². The highest BCUT2D eigenvalue weighted by Crippen LogP contribution is 2.27. The Morgan fingerprint density at radius 1 is 0.404 bits per heavy atom. The molecule has 0 saturated carbocycles. The monoisotopic (exact) mass is 840 g/mol. The fraction of sp³-hybridized carbons (Fsp3) is 0.940. The Labute approximate surface area is 364 Å². The average Bonchev–Trinajstić information content (AvgIpc) is 3.20. The van der Waals surface area contributed by atoms with Crippen LogP contribution >= 0.6 is 23.5 Å². The summed E-state index contributed by atoms with van der Waals surface area (Å²) >= 11 is 3.26. The van der Waals surface area contributed by atoms with Gasteiger partial charge in [0.1, 0.15) is 0 Å². The summed E-state index contributed by atoms with van der Waals surface area (Å²) in [4.78, 5) is 40.2. The van der Waals surface area contributed by atoms with E-state index in [1.54, 1.807) is 23.5 Å². The van der Waals surface area contributed by atoms with Crippen LogP contribution in [0.5, 0.6) is 0 Å². The molecule has 0 aliphatic rings. The van der Waals surface area contributed by atoms with E-state index in [4.69, 9.17) is 4.74 Å². The highest BCUT2D eigenvalue weighted by Gasteiger charge is 2.19. The van der Waals surface area contributed by atoms with E-state index in [1.165, 1.54) is 174 Å². The summed E-state index contributed by atoms with van der Waals surface area (Å²) in [7, 11) is 0. The molecule has 0 N–H and O–H groups in total. The highest BCUT2D eigenvalue weighted by molar-refractivity contribution is 8.13. The van der Waals surface area contributed by atoms with Crippen LogP contribution < -0.4 is 0 Å². The molecule has 0 aromatic rings. The minimum atomic E-state index is -0.188. The smallest absolute Gasteiger partial charge is 0.302 e. The number of carbonyl (C=O) groups excluding carboxylic acids is 3. The molecule has 2 unspecified atom stereocenters. The zero-order valence-corrected chi connectivity index (χ0v) is 40.5. The number of carbonyl (C=O) groups is 3. The molecule has 0 aromatic heterocycles.